The van der Waals surface area contributed by atoms with Gasteiger partial charge in [0.15, 0.2) is 10.9 Å². The maximum atomic E-state index is 12.6. The third-order valence-electron chi connectivity index (χ3n) is 3.77. The fourth-order valence-corrected chi connectivity index (χ4v) is 3.80. The van der Waals surface area contributed by atoms with Crippen LogP contribution in [0.4, 0.5) is 18.3 Å². The Morgan fingerprint density at radius 1 is 1.17 bits per heavy atom. The first-order chi connectivity index (χ1) is 13.6. The summed E-state index contributed by atoms with van der Waals surface area (Å²) < 4.78 is 68.2. The summed E-state index contributed by atoms with van der Waals surface area (Å²) in [4.78, 5) is 16.9. The standard InChI is InChI=1S/C17H14F3N3O4S2/c1-21-29(25,26)14-7-6-13(27-14)15(24)23-16-22-9-12(28-16)8-10-2-4-11(5-3-10)17(18,19)20/h2-7,9,21H,8H2,1H3,(H,22,23,24). The lowest BCUT2D eigenvalue weighted by molar-refractivity contribution is -0.137. The smallest absolute Gasteiger partial charge is 0.416 e. The van der Waals surface area contributed by atoms with Crippen LogP contribution in [0.5, 0.6) is 0 Å². The molecule has 154 valence electrons. The second kappa shape index (κ2) is 7.97. The molecule has 2 N–H and O–H groups in total. The van der Waals surface area contributed by atoms with Gasteiger partial charge in [-0.25, -0.2) is 18.1 Å². The number of alkyl halides is 3. The van der Waals surface area contributed by atoms with E-state index in [-0.39, 0.29) is 10.9 Å². The summed E-state index contributed by atoms with van der Waals surface area (Å²) >= 11 is 1.14. The summed E-state index contributed by atoms with van der Waals surface area (Å²) in [6, 6.07) is 7.15. The third kappa shape index (κ3) is 5.02. The normalized spacial score (nSPS) is 12.1. The molecule has 2 aromatic heterocycles. The number of nitrogens with zero attached hydrogens (tertiary/aromatic N) is 1. The van der Waals surface area contributed by atoms with Crippen molar-refractivity contribution in [2.24, 2.45) is 0 Å². The van der Waals surface area contributed by atoms with Crippen molar-refractivity contribution in [2.45, 2.75) is 17.7 Å². The lowest BCUT2D eigenvalue weighted by atomic mass is 10.1. The van der Waals surface area contributed by atoms with Crippen LogP contribution in [0.15, 0.2) is 52.1 Å². The van der Waals surface area contributed by atoms with Gasteiger partial charge >= 0.3 is 6.18 Å². The van der Waals surface area contributed by atoms with E-state index in [0.29, 0.717) is 12.0 Å². The van der Waals surface area contributed by atoms with Crippen molar-refractivity contribution in [1.29, 1.82) is 0 Å². The molecule has 0 aliphatic rings. The molecule has 12 heteroatoms. The second-order valence-corrected chi connectivity index (χ2v) is 8.72. The summed E-state index contributed by atoms with van der Waals surface area (Å²) in [6.07, 6.45) is -2.55. The van der Waals surface area contributed by atoms with Gasteiger partial charge in [-0.05, 0) is 36.9 Å². The predicted octanol–water partition coefficient (Wildman–Crippen LogP) is 3.51. The Hall–Kier alpha value is -2.70. The largest absolute Gasteiger partial charge is 0.438 e. The molecule has 3 aromatic rings. The summed E-state index contributed by atoms with van der Waals surface area (Å²) in [5.41, 5.74) is -0.0657. The Balaban J connectivity index is 1.65. The maximum Gasteiger partial charge on any atom is 0.416 e. The molecule has 0 unspecified atom stereocenters. The molecule has 0 atom stereocenters. The highest BCUT2D eigenvalue weighted by molar-refractivity contribution is 7.89. The lowest BCUT2D eigenvalue weighted by Crippen LogP contribution is -2.18. The molecule has 3 rings (SSSR count). The maximum absolute atomic E-state index is 12.6. The van der Waals surface area contributed by atoms with Crippen LogP contribution >= 0.6 is 11.3 Å². The Labute approximate surface area is 167 Å². The number of aromatic nitrogens is 1. The van der Waals surface area contributed by atoms with Crippen molar-refractivity contribution < 1.29 is 30.8 Å². The second-order valence-electron chi connectivity index (χ2n) is 5.78. The minimum absolute atomic E-state index is 0.210. The zero-order valence-electron chi connectivity index (χ0n) is 14.8. The van der Waals surface area contributed by atoms with Crippen molar-refractivity contribution in [3.05, 3.63) is 64.4 Å². The average Bonchev–Trinajstić information content (AvgIpc) is 3.31. The molecule has 1 amide bonds. The minimum Gasteiger partial charge on any atom is -0.438 e. The van der Waals surface area contributed by atoms with E-state index in [1.165, 1.54) is 31.4 Å². The van der Waals surface area contributed by atoms with Crippen molar-refractivity contribution >= 4 is 32.4 Å². The van der Waals surface area contributed by atoms with Crippen LogP contribution in [0.2, 0.25) is 0 Å². The number of thiazole rings is 1. The van der Waals surface area contributed by atoms with Crippen molar-refractivity contribution in [2.75, 3.05) is 12.4 Å². The molecule has 1 aromatic carbocycles. The molecule has 0 radical (unpaired) electrons. The number of carbonyl (C=O) groups excluding carboxylic acids is 1. The van der Waals surface area contributed by atoms with Gasteiger partial charge in [0, 0.05) is 17.5 Å². The number of anilines is 1. The molecule has 29 heavy (non-hydrogen) atoms. The van der Waals surface area contributed by atoms with E-state index >= 15 is 0 Å². The average molecular weight is 445 g/mol. The van der Waals surface area contributed by atoms with E-state index in [9.17, 15) is 26.4 Å². The molecule has 0 bridgehead atoms. The van der Waals surface area contributed by atoms with Crippen molar-refractivity contribution in [3.63, 3.8) is 0 Å². The van der Waals surface area contributed by atoms with Crippen LogP contribution < -0.4 is 10.0 Å². The first-order valence-electron chi connectivity index (χ1n) is 8.04. The van der Waals surface area contributed by atoms with Gasteiger partial charge < -0.3 is 4.42 Å². The number of furan rings is 1. The summed E-state index contributed by atoms with van der Waals surface area (Å²) in [6.45, 7) is 0. The van der Waals surface area contributed by atoms with E-state index in [1.54, 1.807) is 0 Å². The number of benzene rings is 1. The molecule has 7 nitrogen and oxygen atoms in total. The van der Waals surface area contributed by atoms with E-state index in [0.717, 1.165) is 34.4 Å². The van der Waals surface area contributed by atoms with Gasteiger partial charge in [-0.2, -0.15) is 13.2 Å². The van der Waals surface area contributed by atoms with Gasteiger partial charge in [0.05, 0.1) is 5.56 Å². The van der Waals surface area contributed by atoms with Gasteiger partial charge in [-0.1, -0.05) is 12.1 Å². The summed E-state index contributed by atoms with van der Waals surface area (Å²) in [7, 11) is -2.59. The summed E-state index contributed by atoms with van der Waals surface area (Å²) in [5, 5.41) is 2.33. The molecule has 0 fully saturated rings. The van der Waals surface area contributed by atoms with Crippen LogP contribution in [0.25, 0.3) is 0 Å². The number of carbonyl (C=O) groups is 1. The van der Waals surface area contributed by atoms with Crippen LogP contribution in [-0.4, -0.2) is 26.4 Å². The number of hydrogen-bond donors (Lipinski definition) is 2. The number of nitrogens with one attached hydrogen (secondary N) is 2. The van der Waals surface area contributed by atoms with Gasteiger partial charge in [0.2, 0.25) is 5.09 Å². The van der Waals surface area contributed by atoms with Crippen LogP contribution in [0.3, 0.4) is 0 Å². The van der Waals surface area contributed by atoms with Crippen LogP contribution in [0, 0.1) is 0 Å². The number of sulfonamides is 1. The molecule has 0 aliphatic carbocycles. The molecular formula is C17H14F3N3O4S2. The summed E-state index contributed by atoms with van der Waals surface area (Å²) in [5.74, 6) is -0.892. The van der Waals surface area contributed by atoms with Gasteiger partial charge in [0.1, 0.15) is 0 Å². The molecule has 0 aliphatic heterocycles. The number of amides is 1. The Morgan fingerprint density at radius 2 is 1.86 bits per heavy atom. The quantitative estimate of drug-likeness (QED) is 0.605. The number of hydrogen-bond acceptors (Lipinski definition) is 6. The van der Waals surface area contributed by atoms with Crippen LogP contribution in [0.1, 0.15) is 26.6 Å². The zero-order chi connectivity index (χ0) is 21.2. The number of halogens is 3. The first kappa shape index (κ1) is 21.0. The number of rotatable bonds is 6. The Kier molecular flexibility index (Phi) is 5.78. The SMILES string of the molecule is CNS(=O)(=O)c1ccc(C(=O)Nc2ncc(Cc3ccc(C(F)(F)F)cc3)s2)o1. The van der Waals surface area contributed by atoms with Gasteiger partial charge in [-0.3, -0.25) is 10.1 Å². The monoisotopic (exact) mass is 445 g/mol. The van der Waals surface area contributed by atoms with E-state index < -0.39 is 32.8 Å². The molecule has 2 heterocycles. The van der Waals surface area contributed by atoms with E-state index in [4.69, 9.17) is 4.42 Å². The topological polar surface area (TPSA) is 101 Å². The van der Waals surface area contributed by atoms with Crippen LogP contribution in [-0.2, 0) is 22.6 Å². The molecular weight excluding hydrogens is 431 g/mol. The lowest BCUT2D eigenvalue weighted by Gasteiger charge is -2.06. The fraction of sp³-hybridized carbons (Fsp3) is 0.176. The third-order valence-corrected chi connectivity index (χ3v) is 5.97. The zero-order valence-corrected chi connectivity index (χ0v) is 16.4. The van der Waals surface area contributed by atoms with E-state index in [1.807, 2.05) is 0 Å². The molecule has 0 saturated heterocycles. The Bertz CT molecular complexity index is 1120. The highest BCUT2D eigenvalue weighted by Crippen LogP contribution is 2.30. The van der Waals surface area contributed by atoms with Crippen molar-refractivity contribution in [1.82, 2.24) is 9.71 Å². The van der Waals surface area contributed by atoms with Crippen molar-refractivity contribution in [3.8, 4) is 0 Å². The molecule has 0 spiro atoms. The van der Waals surface area contributed by atoms with Gasteiger partial charge in [0.25, 0.3) is 15.9 Å². The fourth-order valence-electron chi connectivity index (χ4n) is 2.31. The van der Waals surface area contributed by atoms with E-state index in [2.05, 4.69) is 15.0 Å². The Morgan fingerprint density at radius 3 is 2.48 bits per heavy atom. The van der Waals surface area contributed by atoms with Gasteiger partial charge in [-0.15, -0.1) is 11.3 Å². The highest BCUT2D eigenvalue weighted by atomic mass is 32.2. The molecule has 0 saturated carbocycles. The first-order valence-corrected chi connectivity index (χ1v) is 10.3. The highest BCUT2D eigenvalue weighted by Gasteiger charge is 2.30. The predicted molar refractivity (Wildman–Crippen MR) is 99.3 cm³/mol. The minimum atomic E-state index is -4.39.